The Kier molecular flexibility index (Phi) is 2.61. The molecule has 0 atom stereocenters. The van der Waals surface area contributed by atoms with Crippen LogP contribution in [0.2, 0.25) is 0 Å². The molecule has 0 aliphatic heterocycles. The van der Waals surface area contributed by atoms with Crippen LogP contribution in [0.1, 0.15) is 0 Å². The molecule has 0 aliphatic carbocycles. The van der Waals surface area contributed by atoms with Crippen molar-refractivity contribution in [3.05, 3.63) is 41.3 Å². The Bertz CT molecular complexity index is 535. The monoisotopic (exact) mass is 218 g/mol. The number of pyridine rings is 1. The zero-order chi connectivity index (χ0) is 11.5. The first-order valence-corrected chi connectivity index (χ1v) is 4.53. The maximum absolute atomic E-state index is 11.6. The molecule has 0 unspecified atom stereocenters. The van der Waals surface area contributed by atoms with E-state index in [0.29, 0.717) is 5.69 Å². The second kappa shape index (κ2) is 4.07. The number of rotatable bonds is 2. The average Bonchev–Trinajstić information content (AvgIpc) is 2.30. The van der Waals surface area contributed by atoms with Gasteiger partial charge >= 0.3 is 5.69 Å². The van der Waals surface area contributed by atoms with Crippen LogP contribution < -0.4 is 16.5 Å². The van der Waals surface area contributed by atoms with Crippen molar-refractivity contribution in [1.29, 1.82) is 0 Å². The fraction of sp³-hybridized carbons (Fsp3) is 0.111. The van der Waals surface area contributed by atoms with E-state index >= 15 is 0 Å². The van der Waals surface area contributed by atoms with E-state index in [1.54, 1.807) is 31.6 Å². The summed E-state index contributed by atoms with van der Waals surface area (Å²) in [4.78, 5) is 23.2. The quantitative estimate of drug-likeness (QED) is 0.531. The number of hydrogen-bond acceptors (Lipinski definition) is 6. The molecular weight excluding hydrogens is 208 g/mol. The maximum atomic E-state index is 11.6. The first kappa shape index (κ1) is 10.2. The Hall–Kier alpha value is -2.28. The lowest BCUT2D eigenvalue weighted by Gasteiger charge is -2.09. The minimum absolute atomic E-state index is 0.171. The van der Waals surface area contributed by atoms with Gasteiger partial charge in [0.25, 0.3) is 0 Å². The molecule has 2 N–H and O–H groups in total. The molecule has 82 valence electrons. The number of nitrogens with zero attached hydrogens (tertiary/aromatic N) is 5. The van der Waals surface area contributed by atoms with Gasteiger partial charge in [-0.2, -0.15) is 4.98 Å². The molecule has 0 aliphatic rings. The molecule has 0 aromatic carbocycles. The summed E-state index contributed by atoms with van der Waals surface area (Å²) in [7, 11) is 1.56. The van der Waals surface area contributed by atoms with Gasteiger partial charge in [-0.3, -0.25) is 9.99 Å². The smallest absolute Gasteiger partial charge is 0.282 e. The second-order valence-corrected chi connectivity index (χ2v) is 3.13. The molecule has 0 amide bonds. The Morgan fingerprint density at radius 1 is 1.50 bits per heavy atom. The summed E-state index contributed by atoms with van der Waals surface area (Å²) in [6, 6.07) is 3.47. The summed E-state index contributed by atoms with van der Waals surface area (Å²) in [5, 5.41) is 1.18. The third-order valence-corrected chi connectivity index (χ3v) is 1.93. The van der Waals surface area contributed by atoms with Crippen molar-refractivity contribution < 1.29 is 0 Å². The van der Waals surface area contributed by atoms with E-state index in [1.807, 2.05) is 0 Å². The predicted octanol–water partition coefficient (Wildman–Crippen LogP) is -0.668. The van der Waals surface area contributed by atoms with Gasteiger partial charge in [0.15, 0.2) is 0 Å². The molecule has 0 saturated carbocycles. The maximum Gasteiger partial charge on any atom is 0.356 e. The van der Waals surface area contributed by atoms with E-state index in [0.717, 1.165) is 0 Å². The molecule has 16 heavy (non-hydrogen) atoms. The Labute approximate surface area is 91.2 Å². The highest BCUT2D eigenvalue weighted by Crippen LogP contribution is 2.01. The van der Waals surface area contributed by atoms with Gasteiger partial charge < -0.3 is 0 Å². The third-order valence-electron chi connectivity index (χ3n) is 1.93. The molecule has 2 aromatic heterocycles. The molecule has 2 heterocycles. The van der Waals surface area contributed by atoms with Gasteiger partial charge in [0, 0.05) is 13.2 Å². The summed E-state index contributed by atoms with van der Waals surface area (Å²) in [5.74, 6) is 5.59. The van der Waals surface area contributed by atoms with Gasteiger partial charge in [0.2, 0.25) is 5.95 Å². The minimum Gasteiger partial charge on any atom is -0.282 e. The predicted molar refractivity (Wildman–Crippen MR) is 58.0 cm³/mol. The van der Waals surface area contributed by atoms with Crippen molar-refractivity contribution in [2.45, 2.75) is 0 Å². The lowest BCUT2D eigenvalue weighted by molar-refractivity contribution is 0.816. The van der Waals surface area contributed by atoms with E-state index in [1.165, 1.54) is 15.9 Å². The number of anilines is 1. The van der Waals surface area contributed by atoms with Crippen molar-refractivity contribution >= 4 is 5.95 Å². The fourth-order valence-electron chi connectivity index (χ4n) is 1.17. The van der Waals surface area contributed by atoms with E-state index < -0.39 is 5.69 Å². The molecule has 0 radical (unpaired) electrons. The van der Waals surface area contributed by atoms with Gasteiger partial charge in [-0.15, -0.1) is 0 Å². The minimum atomic E-state index is -0.449. The summed E-state index contributed by atoms with van der Waals surface area (Å²) in [5.41, 5.74) is 0.161. The number of nitrogens with two attached hydrogens (primary N) is 1. The topological polar surface area (TPSA) is 89.9 Å². The molecular formula is C9H10N6O. The molecule has 0 bridgehead atoms. The highest BCUT2D eigenvalue weighted by Gasteiger charge is 2.04. The van der Waals surface area contributed by atoms with Crippen LogP contribution in [0.3, 0.4) is 0 Å². The third kappa shape index (κ3) is 1.89. The largest absolute Gasteiger partial charge is 0.356 e. The van der Waals surface area contributed by atoms with E-state index in [2.05, 4.69) is 15.0 Å². The van der Waals surface area contributed by atoms with Crippen LogP contribution in [0.25, 0.3) is 5.69 Å². The normalized spacial score (nSPS) is 10.1. The Morgan fingerprint density at radius 3 is 2.88 bits per heavy atom. The van der Waals surface area contributed by atoms with Gasteiger partial charge in [-0.1, -0.05) is 0 Å². The van der Waals surface area contributed by atoms with Crippen LogP contribution >= 0.6 is 0 Å². The fourth-order valence-corrected chi connectivity index (χ4v) is 1.17. The van der Waals surface area contributed by atoms with Crippen molar-refractivity contribution in [2.75, 3.05) is 12.1 Å². The second-order valence-electron chi connectivity index (χ2n) is 3.13. The van der Waals surface area contributed by atoms with Gasteiger partial charge in [-0.25, -0.2) is 20.2 Å². The van der Waals surface area contributed by atoms with Crippen LogP contribution in [0.4, 0.5) is 5.95 Å². The summed E-state index contributed by atoms with van der Waals surface area (Å²) in [6.07, 6.45) is 4.54. The van der Waals surface area contributed by atoms with Crippen molar-refractivity contribution in [3.63, 3.8) is 0 Å². The molecule has 0 saturated heterocycles. The highest BCUT2D eigenvalue weighted by molar-refractivity contribution is 5.29. The highest BCUT2D eigenvalue weighted by atomic mass is 16.1. The van der Waals surface area contributed by atoms with Crippen LogP contribution in [-0.2, 0) is 0 Å². The van der Waals surface area contributed by atoms with Crippen molar-refractivity contribution in [3.8, 4) is 5.69 Å². The van der Waals surface area contributed by atoms with Gasteiger partial charge in [0.05, 0.1) is 11.9 Å². The molecule has 2 aromatic rings. The average molecular weight is 218 g/mol. The van der Waals surface area contributed by atoms with Crippen LogP contribution in [0, 0.1) is 0 Å². The van der Waals surface area contributed by atoms with Crippen LogP contribution in [0.5, 0.6) is 0 Å². The number of hydrogen-bond donors (Lipinski definition) is 1. The molecule has 2 rings (SSSR count). The number of hydrazine groups is 1. The first-order chi connectivity index (χ1) is 7.68. The lowest BCUT2D eigenvalue weighted by Crippen LogP contribution is -2.32. The Balaban J connectivity index is 2.49. The van der Waals surface area contributed by atoms with E-state index in [4.69, 9.17) is 5.84 Å². The molecule has 7 heteroatoms. The standard InChI is InChI=1S/C9H10N6O/c1-14(10)8-12-6-15(9(16)13-8)7-3-2-4-11-5-7/h2-6H,10H2,1H3. The van der Waals surface area contributed by atoms with E-state index in [9.17, 15) is 4.79 Å². The van der Waals surface area contributed by atoms with Crippen molar-refractivity contribution in [1.82, 2.24) is 19.5 Å². The van der Waals surface area contributed by atoms with Gasteiger partial charge in [-0.05, 0) is 12.1 Å². The zero-order valence-electron chi connectivity index (χ0n) is 8.61. The lowest BCUT2D eigenvalue weighted by atomic mass is 10.4. The van der Waals surface area contributed by atoms with Crippen molar-refractivity contribution in [2.24, 2.45) is 5.84 Å². The number of aromatic nitrogens is 4. The molecule has 0 spiro atoms. The zero-order valence-corrected chi connectivity index (χ0v) is 8.61. The molecule has 7 nitrogen and oxygen atoms in total. The van der Waals surface area contributed by atoms with E-state index in [-0.39, 0.29) is 5.95 Å². The summed E-state index contributed by atoms with van der Waals surface area (Å²) >= 11 is 0. The van der Waals surface area contributed by atoms with Crippen LogP contribution in [0.15, 0.2) is 35.6 Å². The Morgan fingerprint density at radius 2 is 2.31 bits per heavy atom. The summed E-state index contributed by atoms with van der Waals surface area (Å²) in [6.45, 7) is 0. The summed E-state index contributed by atoms with van der Waals surface area (Å²) < 4.78 is 1.29. The van der Waals surface area contributed by atoms with Crippen LogP contribution in [-0.4, -0.2) is 26.6 Å². The SMILES string of the molecule is CN(N)c1ncn(-c2cccnc2)c(=O)n1. The molecule has 0 fully saturated rings. The first-order valence-electron chi connectivity index (χ1n) is 4.53. The van der Waals surface area contributed by atoms with Gasteiger partial charge in [0.1, 0.15) is 6.33 Å².